The fourth-order valence-corrected chi connectivity index (χ4v) is 5.21. The Morgan fingerprint density at radius 3 is 2.53 bits per heavy atom. The maximum atomic E-state index is 6.05. The largest absolute Gasteiger partial charge is 0.339 e. The summed E-state index contributed by atoms with van der Waals surface area (Å²) in [6.07, 6.45) is 0. The van der Waals surface area contributed by atoms with Gasteiger partial charge in [0.2, 0.25) is 5.89 Å². The Morgan fingerprint density at radius 2 is 1.95 bits per heavy atom. The molecule has 2 N–H and O–H groups in total. The summed E-state index contributed by atoms with van der Waals surface area (Å²) in [5.41, 5.74) is 6.05. The zero-order valence-corrected chi connectivity index (χ0v) is 13.6. The van der Waals surface area contributed by atoms with Gasteiger partial charge in [-0.05, 0) is 12.8 Å². The molecule has 1 aromatic rings. The summed E-state index contributed by atoms with van der Waals surface area (Å²) in [5.74, 6) is 4.44. The second kappa shape index (κ2) is 6.50. The highest BCUT2D eigenvalue weighted by Gasteiger charge is 2.31. The van der Waals surface area contributed by atoms with Gasteiger partial charge in [0.25, 0.3) is 0 Å². The summed E-state index contributed by atoms with van der Waals surface area (Å²) in [7, 11) is 0. The molecule has 108 valence electrons. The minimum absolute atomic E-state index is 0.0270. The third-order valence-corrected chi connectivity index (χ3v) is 6.56. The molecule has 0 bridgehead atoms. The fraction of sp³-hybridized carbons (Fsp3) is 0.846. The van der Waals surface area contributed by atoms with E-state index in [-0.39, 0.29) is 12.0 Å². The Kier molecular flexibility index (Phi) is 5.20. The number of nitrogens with zero attached hydrogens (tertiary/aromatic N) is 2. The maximum Gasteiger partial charge on any atom is 0.231 e. The summed E-state index contributed by atoms with van der Waals surface area (Å²) in [5, 5.41) is 5.08. The van der Waals surface area contributed by atoms with Crippen LogP contribution < -0.4 is 5.73 Å². The third kappa shape index (κ3) is 3.47. The lowest BCUT2D eigenvalue weighted by Gasteiger charge is -2.25. The molecular formula is C13H23N3OS2. The van der Waals surface area contributed by atoms with E-state index in [0.717, 1.165) is 11.6 Å². The van der Waals surface area contributed by atoms with Crippen LogP contribution in [0.5, 0.6) is 0 Å². The van der Waals surface area contributed by atoms with Gasteiger partial charge in [-0.1, -0.05) is 25.9 Å². The van der Waals surface area contributed by atoms with E-state index in [9.17, 15) is 0 Å². The van der Waals surface area contributed by atoms with Gasteiger partial charge < -0.3 is 10.3 Å². The number of hydrogen-bond donors (Lipinski definition) is 1. The Bertz CT molecular complexity index is 400. The second-order valence-corrected chi connectivity index (χ2v) is 8.22. The second-order valence-electron chi connectivity index (χ2n) is 5.49. The van der Waals surface area contributed by atoms with Crippen molar-refractivity contribution in [3.8, 4) is 0 Å². The van der Waals surface area contributed by atoms with Gasteiger partial charge in [-0.25, -0.2) is 0 Å². The van der Waals surface area contributed by atoms with Crippen LogP contribution in [0.1, 0.15) is 50.6 Å². The van der Waals surface area contributed by atoms with E-state index in [4.69, 9.17) is 10.3 Å². The first-order valence-electron chi connectivity index (χ1n) is 6.83. The van der Waals surface area contributed by atoms with Crippen molar-refractivity contribution in [2.45, 2.75) is 50.2 Å². The van der Waals surface area contributed by atoms with Crippen LogP contribution >= 0.6 is 23.5 Å². The van der Waals surface area contributed by atoms with E-state index in [0.29, 0.717) is 22.3 Å². The van der Waals surface area contributed by atoms with Crippen LogP contribution in [0, 0.1) is 5.92 Å². The molecule has 0 radical (unpaired) electrons. The third-order valence-electron chi connectivity index (χ3n) is 3.47. The molecule has 1 aliphatic rings. The Labute approximate surface area is 123 Å². The molecule has 0 spiro atoms. The van der Waals surface area contributed by atoms with E-state index in [1.807, 2.05) is 30.4 Å². The van der Waals surface area contributed by atoms with Crippen molar-refractivity contribution < 1.29 is 4.52 Å². The Hall–Kier alpha value is -0.200. The molecule has 0 aliphatic carbocycles. The normalized spacial score (nSPS) is 27.5. The molecule has 0 saturated carbocycles. The summed E-state index contributed by atoms with van der Waals surface area (Å²) >= 11 is 3.91. The zero-order valence-electron chi connectivity index (χ0n) is 12.0. The lowest BCUT2D eigenvalue weighted by Crippen LogP contribution is -2.28. The molecule has 1 aliphatic heterocycles. The summed E-state index contributed by atoms with van der Waals surface area (Å²) in [6.45, 7) is 8.53. The minimum Gasteiger partial charge on any atom is -0.339 e. The molecule has 6 heteroatoms. The quantitative estimate of drug-likeness (QED) is 0.922. The number of thioether (sulfide) groups is 2. The number of hydrogen-bond acceptors (Lipinski definition) is 6. The SMILES string of the molecule is CC(C)C(c1nc(C2SCCSC2C)no1)C(C)N. The van der Waals surface area contributed by atoms with Crippen molar-refractivity contribution in [2.75, 3.05) is 11.5 Å². The Morgan fingerprint density at radius 1 is 1.26 bits per heavy atom. The van der Waals surface area contributed by atoms with E-state index in [1.165, 1.54) is 5.75 Å². The van der Waals surface area contributed by atoms with Crippen LogP contribution in [0.4, 0.5) is 0 Å². The molecule has 2 heterocycles. The van der Waals surface area contributed by atoms with Crippen molar-refractivity contribution >= 4 is 23.5 Å². The average Bonchev–Trinajstić information content (AvgIpc) is 2.77. The monoisotopic (exact) mass is 301 g/mol. The van der Waals surface area contributed by atoms with Gasteiger partial charge in [-0.2, -0.15) is 16.7 Å². The van der Waals surface area contributed by atoms with E-state index in [2.05, 4.69) is 30.9 Å². The van der Waals surface area contributed by atoms with Crippen molar-refractivity contribution in [2.24, 2.45) is 11.7 Å². The van der Waals surface area contributed by atoms with Gasteiger partial charge in [-0.15, -0.1) is 11.8 Å². The highest BCUT2D eigenvalue weighted by molar-refractivity contribution is 8.06. The molecule has 19 heavy (non-hydrogen) atoms. The Balaban J connectivity index is 2.17. The summed E-state index contributed by atoms with van der Waals surface area (Å²) < 4.78 is 5.49. The smallest absolute Gasteiger partial charge is 0.231 e. The van der Waals surface area contributed by atoms with E-state index in [1.54, 1.807) is 0 Å². The van der Waals surface area contributed by atoms with Gasteiger partial charge in [0.15, 0.2) is 5.82 Å². The predicted octanol–water partition coefficient (Wildman–Crippen LogP) is 3.07. The molecule has 4 unspecified atom stereocenters. The lowest BCUT2D eigenvalue weighted by molar-refractivity contribution is 0.298. The van der Waals surface area contributed by atoms with Crippen molar-refractivity contribution in [1.29, 1.82) is 0 Å². The van der Waals surface area contributed by atoms with Crippen LogP contribution in [0.3, 0.4) is 0 Å². The molecular weight excluding hydrogens is 278 g/mol. The standard InChI is InChI=1S/C13H23N3OS2/c1-7(2)10(8(3)14)13-15-12(16-17-13)11-9(4)18-5-6-19-11/h7-11H,5-6,14H2,1-4H3. The maximum absolute atomic E-state index is 6.05. The van der Waals surface area contributed by atoms with Gasteiger partial charge in [0, 0.05) is 22.8 Å². The molecule has 1 aromatic heterocycles. The number of rotatable bonds is 4. The molecule has 1 fully saturated rings. The zero-order chi connectivity index (χ0) is 14.0. The molecule has 0 aromatic carbocycles. The molecule has 2 rings (SSSR count). The van der Waals surface area contributed by atoms with Gasteiger partial charge in [0.05, 0.1) is 11.2 Å². The molecule has 1 saturated heterocycles. The van der Waals surface area contributed by atoms with Crippen LogP contribution in [0.25, 0.3) is 0 Å². The van der Waals surface area contributed by atoms with Crippen molar-refractivity contribution in [1.82, 2.24) is 10.1 Å². The number of aromatic nitrogens is 2. The minimum atomic E-state index is 0.0270. The van der Waals surface area contributed by atoms with Gasteiger partial charge >= 0.3 is 0 Å². The molecule has 4 atom stereocenters. The van der Waals surface area contributed by atoms with Gasteiger partial charge in [0.1, 0.15) is 0 Å². The van der Waals surface area contributed by atoms with Crippen molar-refractivity contribution in [3.63, 3.8) is 0 Å². The van der Waals surface area contributed by atoms with Crippen LogP contribution in [0.15, 0.2) is 4.52 Å². The topological polar surface area (TPSA) is 64.9 Å². The van der Waals surface area contributed by atoms with E-state index < -0.39 is 0 Å². The summed E-state index contributed by atoms with van der Waals surface area (Å²) in [6, 6.07) is 0.0270. The van der Waals surface area contributed by atoms with Crippen LogP contribution in [0.2, 0.25) is 0 Å². The van der Waals surface area contributed by atoms with Crippen molar-refractivity contribution in [3.05, 3.63) is 11.7 Å². The summed E-state index contributed by atoms with van der Waals surface area (Å²) in [4.78, 5) is 4.64. The highest BCUT2D eigenvalue weighted by atomic mass is 32.2. The van der Waals surface area contributed by atoms with Crippen LogP contribution in [-0.4, -0.2) is 32.9 Å². The first-order valence-corrected chi connectivity index (χ1v) is 8.92. The van der Waals surface area contributed by atoms with E-state index >= 15 is 0 Å². The first kappa shape index (κ1) is 15.2. The fourth-order valence-electron chi connectivity index (χ4n) is 2.53. The molecule has 4 nitrogen and oxygen atoms in total. The van der Waals surface area contributed by atoms with Crippen LogP contribution in [-0.2, 0) is 0 Å². The predicted molar refractivity (Wildman–Crippen MR) is 82.6 cm³/mol. The first-order chi connectivity index (χ1) is 9.00. The average molecular weight is 301 g/mol. The van der Waals surface area contributed by atoms with Gasteiger partial charge in [-0.3, -0.25) is 0 Å². The number of nitrogens with two attached hydrogens (primary N) is 1. The lowest BCUT2D eigenvalue weighted by atomic mass is 9.90. The highest BCUT2D eigenvalue weighted by Crippen LogP contribution is 2.41. The molecule has 0 amide bonds.